The minimum atomic E-state index is -1.05. The Labute approximate surface area is 120 Å². The maximum absolute atomic E-state index is 12.4. The molecule has 1 aromatic heterocycles. The lowest BCUT2D eigenvalue weighted by molar-refractivity contribution is -0.126. The summed E-state index contributed by atoms with van der Waals surface area (Å²) in [6.45, 7) is 0.525. The fourth-order valence-corrected chi connectivity index (χ4v) is 3.12. The predicted molar refractivity (Wildman–Crippen MR) is 74.0 cm³/mol. The fraction of sp³-hybridized carbons (Fsp3) is 0.462. The van der Waals surface area contributed by atoms with Crippen LogP contribution in [0.2, 0.25) is 0 Å². The number of carbonyl (C=O) groups excluding carboxylic acids is 2. The lowest BCUT2D eigenvalue weighted by Gasteiger charge is -2.34. The average Bonchev–Trinajstić information content (AvgIpc) is 2.95. The Bertz CT molecular complexity index is 540. The molecule has 6 nitrogen and oxygen atoms in total. The largest absolute Gasteiger partial charge is 0.477 e. The summed E-state index contributed by atoms with van der Waals surface area (Å²) < 4.78 is 0. The maximum Gasteiger partial charge on any atom is 0.345 e. The van der Waals surface area contributed by atoms with Gasteiger partial charge in [-0.3, -0.25) is 9.59 Å². The third kappa shape index (κ3) is 2.82. The van der Waals surface area contributed by atoms with Gasteiger partial charge in [0.25, 0.3) is 5.91 Å². The minimum Gasteiger partial charge on any atom is -0.477 e. The van der Waals surface area contributed by atoms with Crippen molar-refractivity contribution in [2.45, 2.75) is 25.3 Å². The molecule has 0 spiro atoms. The van der Waals surface area contributed by atoms with E-state index < -0.39 is 12.0 Å². The van der Waals surface area contributed by atoms with Crippen LogP contribution in [0.15, 0.2) is 12.1 Å². The van der Waals surface area contributed by atoms with Crippen molar-refractivity contribution in [2.75, 3.05) is 13.6 Å². The second-order valence-corrected chi connectivity index (χ2v) is 5.68. The maximum atomic E-state index is 12.4. The number of amides is 2. The molecule has 0 radical (unpaired) electrons. The zero-order valence-corrected chi connectivity index (χ0v) is 11.9. The molecule has 1 unspecified atom stereocenters. The van der Waals surface area contributed by atoms with Crippen molar-refractivity contribution < 1.29 is 19.5 Å². The summed E-state index contributed by atoms with van der Waals surface area (Å²) in [7, 11) is 1.55. The van der Waals surface area contributed by atoms with Gasteiger partial charge < -0.3 is 15.3 Å². The van der Waals surface area contributed by atoms with Crippen molar-refractivity contribution in [2.24, 2.45) is 0 Å². The summed E-state index contributed by atoms with van der Waals surface area (Å²) in [6.07, 6.45) is 2.41. The van der Waals surface area contributed by atoms with Crippen molar-refractivity contribution >= 4 is 29.1 Å². The molecule has 1 aromatic rings. The number of carbonyl (C=O) groups is 3. The van der Waals surface area contributed by atoms with E-state index in [1.54, 1.807) is 11.9 Å². The molecule has 108 valence electrons. The zero-order valence-electron chi connectivity index (χ0n) is 11.1. The van der Waals surface area contributed by atoms with Gasteiger partial charge in [0, 0.05) is 13.6 Å². The van der Waals surface area contributed by atoms with E-state index in [-0.39, 0.29) is 16.7 Å². The van der Waals surface area contributed by atoms with Gasteiger partial charge in [-0.1, -0.05) is 0 Å². The molecule has 2 rings (SSSR count). The molecule has 2 heterocycles. The van der Waals surface area contributed by atoms with Crippen molar-refractivity contribution in [1.29, 1.82) is 0 Å². The third-order valence-electron chi connectivity index (χ3n) is 3.34. The normalized spacial score (nSPS) is 18.6. The summed E-state index contributed by atoms with van der Waals surface area (Å²) in [5.74, 6) is -1.49. The van der Waals surface area contributed by atoms with Gasteiger partial charge in [0.15, 0.2) is 0 Å². The lowest BCUT2D eigenvalue weighted by Crippen LogP contribution is -2.51. The van der Waals surface area contributed by atoms with E-state index in [2.05, 4.69) is 5.32 Å². The summed E-state index contributed by atoms with van der Waals surface area (Å²) in [6, 6.07) is 2.46. The minimum absolute atomic E-state index is 0.127. The van der Waals surface area contributed by atoms with E-state index in [0.29, 0.717) is 17.8 Å². The molecule has 1 aliphatic heterocycles. The van der Waals surface area contributed by atoms with Crippen LogP contribution in [-0.2, 0) is 4.79 Å². The molecule has 7 heteroatoms. The molecule has 20 heavy (non-hydrogen) atoms. The van der Waals surface area contributed by atoms with E-state index in [4.69, 9.17) is 5.11 Å². The SMILES string of the molecule is CNC(=O)C1CCCCN1C(=O)c1ccc(C(=O)O)s1. The van der Waals surface area contributed by atoms with Crippen LogP contribution >= 0.6 is 11.3 Å². The Morgan fingerprint density at radius 2 is 2.00 bits per heavy atom. The standard InChI is InChI=1S/C13H16N2O4S/c1-14-11(16)8-4-2-3-7-15(8)12(17)9-5-6-10(20-9)13(18)19/h5-6,8H,2-4,7H2,1H3,(H,14,16)(H,18,19). The summed E-state index contributed by atoms with van der Waals surface area (Å²) in [4.78, 5) is 37.1. The molecule has 1 saturated heterocycles. The van der Waals surface area contributed by atoms with Gasteiger partial charge in [-0.15, -0.1) is 11.3 Å². The summed E-state index contributed by atoms with van der Waals surface area (Å²) >= 11 is 0.942. The van der Waals surface area contributed by atoms with Crippen LogP contribution in [0.1, 0.15) is 38.6 Å². The number of likely N-dealkylation sites (N-methyl/N-ethyl adjacent to an activating group) is 1. The first-order valence-corrected chi connectivity index (χ1v) is 7.22. The molecule has 2 N–H and O–H groups in total. The Hall–Kier alpha value is -1.89. The van der Waals surface area contributed by atoms with E-state index >= 15 is 0 Å². The van der Waals surface area contributed by atoms with E-state index in [9.17, 15) is 14.4 Å². The molecular weight excluding hydrogens is 280 g/mol. The molecule has 0 bridgehead atoms. The Balaban J connectivity index is 2.20. The van der Waals surface area contributed by atoms with Gasteiger partial charge >= 0.3 is 5.97 Å². The number of piperidine rings is 1. The molecular formula is C13H16N2O4S. The van der Waals surface area contributed by atoms with Crippen LogP contribution in [0.5, 0.6) is 0 Å². The number of hydrogen-bond donors (Lipinski definition) is 2. The summed E-state index contributed by atoms with van der Waals surface area (Å²) in [5, 5.41) is 11.5. The first-order chi connectivity index (χ1) is 9.54. The van der Waals surface area contributed by atoms with Gasteiger partial charge in [-0.2, -0.15) is 0 Å². The molecule has 1 aliphatic rings. The van der Waals surface area contributed by atoms with Crippen LogP contribution < -0.4 is 5.32 Å². The average molecular weight is 296 g/mol. The van der Waals surface area contributed by atoms with E-state index in [1.807, 2.05) is 0 Å². The number of carboxylic acid groups (broad SMARTS) is 1. The Kier molecular flexibility index (Phi) is 4.39. The number of hydrogen-bond acceptors (Lipinski definition) is 4. The number of likely N-dealkylation sites (tertiary alicyclic amines) is 1. The van der Waals surface area contributed by atoms with Crippen molar-refractivity contribution in [3.8, 4) is 0 Å². The number of rotatable bonds is 3. The molecule has 2 amide bonds. The Morgan fingerprint density at radius 1 is 1.30 bits per heavy atom. The van der Waals surface area contributed by atoms with E-state index in [0.717, 1.165) is 24.2 Å². The van der Waals surface area contributed by atoms with Crippen LogP contribution in [0.25, 0.3) is 0 Å². The van der Waals surface area contributed by atoms with Gasteiger partial charge in [0.05, 0.1) is 4.88 Å². The quantitative estimate of drug-likeness (QED) is 0.877. The van der Waals surface area contributed by atoms with Crippen molar-refractivity contribution in [1.82, 2.24) is 10.2 Å². The smallest absolute Gasteiger partial charge is 0.345 e. The highest BCUT2D eigenvalue weighted by Gasteiger charge is 2.32. The first kappa shape index (κ1) is 14.5. The molecule has 1 fully saturated rings. The number of carboxylic acids is 1. The van der Waals surface area contributed by atoms with Gasteiger partial charge in [0.1, 0.15) is 10.9 Å². The highest BCUT2D eigenvalue weighted by Crippen LogP contribution is 2.24. The topological polar surface area (TPSA) is 86.7 Å². The first-order valence-electron chi connectivity index (χ1n) is 6.40. The zero-order chi connectivity index (χ0) is 14.7. The number of aromatic carboxylic acids is 1. The van der Waals surface area contributed by atoms with Crippen LogP contribution in [-0.4, -0.2) is 47.4 Å². The molecule has 0 aromatic carbocycles. The second kappa shape index (κ2) is 6.04. The van der Waals surface area contributed by atoms with Crippen molar-refractivity contribution in [3.05, 3.63) is 21.9 Å². The van der Waals surface area contributed by atoms with Gasteiger partial charge in [-0.25, -0.2) is 4.79 Å². The second-order valence-electron chi connectivity index (χ2n) is 4.59. The number of nitrogens with one attached hydrogen (secondary N) is 1. The highest BCUT2D eigenvalue weighted by atomic mass is 32.1. The highest BCUT2D eigenvalue weighted by molar-refractivity contribution is 7.15. The van der Waals surface area contributed by atoms with Gasteiger partial charge in [0.2, 0.25) is 5.91 Å². The Morgan fingerprint density at radius 3 is 2.60 bits per heavy atom. The van der Waals surface area contributed by atoms with Crippen LogP contribution in [0.3, 0.4) is 0 Å². The van der Waals surface area contributed by atoms with Crippen molar-refractivity contribution in [3.63, 3.8) is 0 Å². The third-order valence-corrected chi connectivity index (χ3v) is 4.40. The van der Waals surface area contributed by atoms with Crippen LogP contribution in [0, 0.1) is 0 Å². The fourth-order valence-electron chi connectivity index (χ4n) is 2.32. The summed E-state index contributed by atoms with van der Waals surface area (Å²) in [5.41, 5.74) is 0. The monoisotopic (exact) mass is 296 g/mol. The number of nitrogens with zero attached hydrogens (tertiary/aromatic N) is 1. The van der Waals surface area contributed by atoms with E-state index in [1.165, 1.54) is 12.1 Å². The molecule has 0 aliphatic carbocycles. The molecule has 1 atom stereocenters. The van der Waals surface area contributed by atoms with Crippen LogP contribution in [0.4, 0.5) is 0 Å². The predicted octanol–water partition coefficient (Wildman–Crippen LogP) is 1.19. The lowest BCUT2D eigenvalue weighted by atomic mass is 10.0. The number of thiophene rings is 1. The molecule has 0 saturated carbocycles. The van der Waals surface area contributed by atoms with Gasteiger partial charge in [-0.05, 0) is 31.4 Å².